The molecule has 0 atom stereocenters. The highest BCUT2D eigenvalue weighted by Gasteiger charge is 2.18. The third-order valence-electron chi connectivity index (χ3n) is 3.44. The molecule has 0 unspecified atom stereocenters. The van der Waals surface area contributed by atoms with Gasteiger partial charge in [-0.2, -0.15) is 0 Å². The Labute approximate surface area is 122 Å². The standard InChI is InChI=1S/C14H19BrN2O2/c1-11(18)17-7-5-16(6-8-17)10-12-3-4-14(19-2)13(15)9-12/h3-4,9H,5-8,10H2,1-2H3. The summed E-state index contributed by atoms with van der Waals surface area (Å²) in [7, 11) is 1.67. The largest absolute Gasteiger partial charge is 0.496 e. The highest BCUT2D eigenvalue weighted by Crippen LogP contribution is 2.26. The summed E-state index contributed by atoms with van der Waals surface area (Å²) in [6.45, 7) is 6.07. The van der Waals surface area contributed by atoms with Crippen LogP contribution in [0.3, 0.4) is 0 Å². The molecule has 1 aliphatic heterocycles. The zero-order chi connectivity index (χ0) is 13.8. The molecule has 19 heavy (non-hydrogen) atoms. The van der Waals surface area contributed by atoms with Gasteiger partial charge >= 0.3 is 0 Å². The molecule has 0 aliphatic carbocycles. The molecule has 0 bridgehead atoms. The molecule has 1 aliphatic rings. The minimum absolute atomic E-state index is 0.173. The fourth-order valence-corrected chi connectivity index (χ4v) is 2.88. The maximum absolute atomic E-state index is 11.3. The Morgan fingerprint density at radius 2 is 2.00 bits per heavy atom. The summed E-state index contributed by atoms with van der Waals surface area (Å²) in [4.78, 5) is 15.5. The molecule has 0 spiro atoms. The number of piperazine rings is 1. The first kappa shape index (κ1) is 14.3. The SMILES string of the molecule is COc1ccc(CN2CCN(C(C)=O)CC2)cc1Br. The number of carbonyl (C=O) groups is 1. The lowest BCUT2D eigenvalue weighted by Crippen LogP contribution is -2.47. The summed E-state index contributed by atoms with van der Waals surface area (Å²) in [5.74, 6) is 1.02. The van der Waals surface area contributed by atoms with Crippen molar-refractivity contribution >= 4 is 21.8 Å². The number of nitrogens with zero attached hydrogens (tertiary/aromatic N) is 2. The molecule has 1 aromatic rings. The second kappa shape index (κ2) is 6.39. The molecular formula is C14H19BrN2O2. The maximum atomic E-state index is 11.3. The van der Waals surface area contributed by atoms with Crippen LogP contribution in [0.25, 0.3) is 0 Å². The monoisotopic (exact) mass is 326 g/mol. The average molecular weight is 327 g/mol. The highest BCUT2D eigenvalue weighted by molar-refractivity contribution is 9.10. The minimum atomic E-state index is 0.173. The smallest absolute Gasteiger partial charge is 0.219 e. The van der Waals surface area contributed by atoms with E-state index in [-0.39, 0.29) is 5.91 Å². The van der Waals surface area contributed by atoms with Gasteiger partial charge in [0, 0.05) is 39.6 Å². The Morgan fingerprint density at radius 1 is 1.32 bits per heavy atom. The Kier molecular flexibility index (Phi) is 4.82. The Morgan fingerprint density at radius 3 is 2.53 bits per heavy atom. The summed E-state index contributed by atoms with van der Waals surface area (Å²) < 4.78 is 6.21. The van der Waals surface area contributed by atoms with E-state index in [2.05, 4.69) is 33.0 Å². The lowest BCUT2D eigenvalue weighted by molar-refractivity contribution is -0.130. The number of halogens is 1. The van der Waals surface area contributed by atoms with Gasteiger partial charge in [0.15, 0.2) is 0 Å². The van der Waals surface area contributed by atoms with Gasteiger partial charge in [0.05, 0.1) is 11.6 Å². The number of carbonyl (C=O) groups excluding carboxylic acids is 1. The predicted molar refractivity (Wildman–Crippen MR) is 78.2 cm³/mol. The first-order valence-electron chi connectivity index (χ1n) is 6.40. The van der Waals surface area contributed by atoms with E-state index in [1.807, 2.05) is 11.0 Å². The third kappa shape index (κ3) is 3.70. The first-order valence-corrected chi connectivity index (χ1v) is 7.19. The molecule has 1 fully saturated rings. The second-order valence-corrected chi connectivity index (χ2v) is 5.61. The Hall–Kier alpha value is -1.07. The summed E-state index contributed by atoms with van der Waals surface area (Å²) in [6.07, 6.45) is 0. The van der Waals surface area contributed by atoms with Gasteiger partial charge < -0.3 is 9.64 Å². The van der Waals surface area contributed by atoms with Crippen molar-refractivity contribution in [3.63, 3.8) is 0 Å². The number of hydrogen-bond donors (Lipinski definition) is 0. The molecule has 104 valence electrons. The van der Waals surface area contributed by atoms with Crippen LogP contribution >= 0.6 is 15.9 Å². The molecule has 5 heteroatoms. The summed E-state index contributed by atoms with van der Waals surface area (Å²) in [5, 5.41) is 0. The van der Waals surface area contributed by atoms with Crippen molar-refractivity contribution in [2.45, 2.75) is 13.5 Å². The quantitative estimate of drug-likeness (QED) is 0.853. The van der Waals surface area contributed by atoms with Crippen LogP contribution in [0.2, 0.25) is 0 Å². The van der Waals surface area contributed by atoms with E-state index in [4.69, 9.17) is 4.74 Å². The molecule has 1 saturated heterocycles. The van der Waals surface area contributed by atoms with Crippen LogP contribution in [0.15, 0.2) is 22.7 Å². The molecule has 4 nitrogen and oxygen atoms in total. The van der Waals surface area contributed by atoms with Crippen molar-refractivity contribution in [2.24, 2.45) is 0 Å². The molecule has 2 rings (SSSR count). The van der Waals surface area contributed by atoms with Crippen molar-refractivity contribution < 1.29 is 9.53 Å². The van der Waals surface area contributed by atoms with Crippen molar-refractivity contribution in [3.05, 3.63) is 28.2 Å². The zero-order valence-electron chi connectivity index (χ0n) is 11.4. The molecule has 0 aromatic heterocycles. The number of hydrogen-bond acceptors (Lipinski definition) is 3. The second-order valence-electron chi connectivity index (χ2n) is 4.75. The summed E-state index contributed by atoms with van der Waals surface area (Å²) in [6, 6.07) is 6.16. The van der Waals surface area contributed by atoms with Crippen LogP contribution < -0.4 is 4.74 Å². The van der Waals surface area contributed by atoms with E-state index in [0.717, 1.165) is 42.9 Å². The maximum Gasteiger partial charge on any atom is 0.219 e. The summed E-state index contributed by atoms with van der Waals surface area (Å²) >= 11 is 3.50. The number of amides is 1. The number of benzene rings is 1. The van der Waals surface area contributed by atoms with Crippen LogP contribution in [0.5, 0.6) is 5.75 Å². The van der Waals surface area contributed by atoms with Gasteiger partial charge in [0.25, 0.3) is 0 Å². The van der Waals surface area contributed by atoms with E-state index >= 15 is 0 Å². The van der Waals surface area contributed by atoms with Gasteiger partial charge in [-0.05, 0) is 33.6 Å². The first-order chi connectivity index (χ1) is 9.10. The molecular weight excluding hydrogens is 308 g/mol. The predicted octanol–water partition coefficient (Wildman–Crippen LogP) is 2.12. The normalized spacial score (nSPS) is 16.5. The van der Waals surface area contributed by atoms with Crippen LogP contribution in [0.4, 0.5) is 0 Å². The van der Waals surface area contributed by atoms with Gasteiger partial charge in [-0.25, -0.2) is 0 Å². The van der Waals surface area contributed by atoms with Gasteiger partial charge in [0.1, 0.15) is 5.75 Å². The number of methoxy groups -OCH3 is 1. The van der Waals surface area contributed by atoms with Crippen LogP contribution in [0.1, 0.15) is 12.5 Å². The molecule has 0 radical (unpaired) electrons. The van der Waals surface area contributed by atoms with Crippen molar-refractivity contribution in [1.29, 1.82) is 0 Å². The van der Waals surface area contributed by atoms with Crippen LogP contribution in [-0.4, -0.2) is 49.0 Å². The number of ether oxygens (including phenoxy) is 1. The lowest BCUT2D eigenvalue weighted by Gasteiger charge is -2.34. The van der Waals surface area contributed by atoms with E-state index in [0.29, 0.717) is 0 Å². The van der Waals surface area contributed by atoms with E-state index < -0.39 is 0 Å². The summed E-state index contributed by atoms with van der Waals surface area (Å²) in [5.41, 5.74) is 1.25. The topological polar surface area (TPSA) is 32.8 Å². The minimum Gasteiger partial charge on any atom is -0.496 e. The third-order valence-corrected chi connectivity index (χ3v) is 4.06. The van der Waals surface area contributed by atoms with Crippen LogP contribution in [0, 0.1) is 0 Å². The molecule has 0 N–H and O–H groups in total. The van der Waals surface area contributed by atoms with Gasteiger partial charge in [-0.3, -0.25) is 9.69 Å². The van der Waals surface area contributed by atoms with Gasteiger partial charge in [-0.15, -0.1) is 0 Å². The zero-order valence-corrected chi connectivity index (χ0v) is 12.9. The fraction of sp³-hybridized carbons (Fsp3) is 0.500. The van der Waals surface area contributed by atoms with Crippen molar-refractivity contribution in [2.75, 3.05) is 33.3 Å². The molecule has 0 saturated carbocycles. The van der Waals surface area contributed by atoms with E-state index in [9.17, 15) is 4.79 Å². The Balaban J connectivity index is 1.92. The highest BCUT2D eigenvalue weighted by atomic mass is 79.9. The van der Waals surface area contributed by atoms with E-state index in [1.165, 1.54) is 5.56 Å². The fourth-order valence-electron chi connectivity index (χ4n) is 2.29. The molecule has 1 amide bonds. The molecule has 1 heterocycles. The Bertz CT molecular complexity index is 457. The van der Waals surface area contributed by atoms with Crippen LogP contribution in [-0.2, 0) is 11.3 Å². The van der Waals surface area contributed by atoms with E-state index in [1.54, 1.807) is 14.0 Å². The lowest BCUT2D eigenvalue weighted by atomic mass is 10.2. The molecule has 1 aromatic carbocycles. The van der Waals surface area contributed by atoms with Crippen molar-refractivity contribution in [3.8, 4) is 5.75 Å². The van der Waals surface area contributed by atoms with Gasteiger partial charge in [0.2, 0.25) is 5.91 Å². The van der Waals surface area contributed by atoms with Crippen molar-refractivity contribution in [1.82, 2.24) is 9.80 Å². The number of rotatable bonds is 3. The average Bonchev–Trinajstić information content (AvgIpc) is 2.39. The van der Waals surface area contributed by atoms with Gasteiger partial charge in [-0.1, -0.05) is 6.07 Å².